The van der Waals surface area contributed by atoms with Gasteiger partial charge >= 0.3 is 0 Å². The first-order valence-electron chi connectivity index (χ1n) is 3.89. The van der Waals surface area contributed by atoms with Crippen LogP contribution in [-0.4, -0.2) is 0 Å². The van der Waals surface area contributed by atoms with Gasteiger partial charge in [-0.15, -0.1) is 0 Å². The van der Waals surface area contributed by atoms with Crippen LogP contribution in [0.3, 0.4) is 0 Å². The Balaban J connectivity index is 2.11. The number of rotatable bonds is 0. The minimum atomic E-state index is 1.01. The first-order chi connectivity index (χ1) is 4.36. The van der Waals surface area contributed by atoms with Crippen molar-refractivity contribution in [3.63, 3.8) is 0 Å². The van der Waals surface area contributed by atoms with Crippen molar-refractivity contribution in [1.29, 1.82) is 0 Å². The van der Waals surface area contributed by atoms with Gasteiger partial charge in [0.25, 0.3) is 0 Å². The summed E-state index contributed by atoms with van der Waals surface area (Å²) in [6.45, 7) is 2.25. The van der Waals surface area contributed by atoms with E-state index in [4.69, 9.17) is 0 Å². The highest BCUT2D eigenvalue weighted by Gasteiger charge is 2.31. The van der Waals surface area contributed by atoms with Crippen LogP contribution in [0.2, 0.25) is 0 Å². The summed E-state index contributed by atoms with van der Waals surface area (Å²) in [5, 5.41) is 0. The molecule has 2 rings (SSSR count). The lowest BCUT2D eigenvalue weighted by Crippen LogP contribution is -2.24. The Kier molecular flexibility index (Phi) is 1.14. The van der Waals surface area contributed by atoms with Crippen LogP contribution in [0.25, 0.3) is 0 Å². The summed E-state index contributed by atoms with van der Waals surface area (Å²) in [6.07, 6.45) is 8.07. The van der Waals surface area contributed by atoms with Crippen LogP contribution in [0.15, 0.2) is 11.6 Å². The van der Waals surface area contributed by atoms with Crippen LogP contribution >= 0.6 is 0 Å². The average Bonchev–Trinajstić information content (AvgIpc) is 1.78. The van der Waals surface area contributed by atoms with Gasteiger partial charge in [-0.3, -0.25) is 0 Å². The second kappa shape index (κ2) is 1.86. The molecule has 0 heteroatoms. The van der Waals surface area contributed by atoms with Crippen LogP contribution in [0.4, 0.5) is 0 Å². The minimum absolute atomic E-state index is 1.01. The molecule has 0 aromatic heterocycles. The zero-order valence-corrected chi connectivity index (χ0v) is 5.98. The van der Waals surface area contributed by atoms with Gasteiger partial charge in [-0.25, -0.2) is 0 Å². The summed E-state index contributed by atoms with van der Waals surface area (Å²) in [5.41, 5.74) is 1.60. The molecule has 0 saturated heterocycles. The zero-order valence-electron chi connectivity index (χ0n) is 5.98. The second-order valence-electron chi connectivity index (χ2n) is 3.34. The highest BCUT2D eigenvalue weighted by Crippen LogP contribution is 2.44. The molecule has 0 aromatic rings. The van der Waals surface area contributed by atoms with Gasteiger partial charge in [0.2, 0.25) is 0 Å². The largest absolute Gasteiger partial charge is 0.0782 e. The number of fused-ring (bicyclic) bond motifs is 1. The van der Waals surface area contributed by atoms with E-state index < -0.39 is 0 Å². The summed E-state index contributed by atoms with van der Waals surface area (Å²) in [6, 6.07) is 0. The van der Waals surface area contributed by atoms with Gasteiger partial charge in [0, 0.05) is 5.92 Å². The molecule has 1 atom stereocenters. The van der Waals surface area contributed by atoms with E-state index in [2.05, 4.69) is 13.0 Å². The Morgan fingerprint density at radius 2 is 2.11 bits per heavy atom. The third-order valence-electron chi connectivity index (χ3n) is 2.62. The van der Waals surface area contributed by atoms with E-state index in [0.717, 1.165) is 5.92 Å². The van der Waals surface area contributed by atoms with Crippen LogP contribution in [0.1, 0.15) is 32.6 Å². The topological polar surface area (TPSA) is 0 Å². The van der Waals surface area contributed by atoms with Crippen LogP contribution in [-0.2, 0) is 0 Å². The van der Waals surface area contributed by atoms with Crippen molar-refractivity contribution in [2.45, 2.75) is 32.6 Å². The van der Waals surface area contributed by atoms with Gasteiger partial charge < -0.3 is 0 Å². The van der Waals surface area contributed by atoms with Crippen molar-refractivity contribution < 1.29 is 0 Å². The van der Waals surface area contributed by atoms with E-state index in [-0.39, 0.29) is 0 Å². The molecule has 1 saturated carbocycles. The molecule has 9 heavy (non-hydrogen) atoms. The maximum Gasteiger partial charge on any atom is 0.000643 e. The Morgan fingerprint density at radius 1 is 1.33 bits per heavy atom. The van der Waals surface area contributed by atoms with E-state index in [1.54, 1.807) is 11.5 Å². The fourth-order valence-electron chi connectivity index (χ4n) is 1.83. The Morgan fingerprint density at radius 3 is 2.56 bits per heavy atom. The smallest absolute Gasteiger partial charge is 0.000643 e. The van der Waals surface area contributed by atoms with Gasteiger partial charge in [-0.2, -0.15) is 0 Å². The van der Waals surface area contributed by atoms with Crippen LogP contribution in [0.5, 0.6) is 0 Å². The highest BCUT2D eigenvalue weighted by molar-refractivity contribution is 5.26. The first-order valence-corrected chi connectivity index (χ1v) is 3.89. The monoisotopic (exact) mass is 121 g/mol. The van der Waals surface area contributed by atoms with Crippen LogP contribution in [0, 0.1) is 11.8 Å². The molecule has 0 N–H and O–H groups in total. The third kappa shape index (κ3) is 0.810. The molecule has 49 valence electrons. The van der Waals surface area contributed by atoms with Crippen molar-refractivity contribution in [3.8, 4) is 0 Å². The van der Waals surface area contributed by atoms with Crippen molar-refractivity contribution in [3.05, 3.63) is 17.6 Å². The van der Waals surface area contributed by atoms with E-state index in [1.807, 2.05) is 0 Å². The Hall–Kier alpha value is -0.260. The molecule has 1 unspecified atom stereocenters. The van der Waals surface area contributed by atoms with Gasteiger partial charge in [-0.05, 0) is 38.5 Å². The molecule has 0 nitrogen and oxygen atoms in total. The van der Waals surface area contributed by atoms with E-state index >= 15 is 0 Å². The van der Waals surface area contributed by atoms with Gasteiger partial charge in [0.1, 0.15) is 0 Å². The quantitative estimate of drug-likeness (QED) is 0.462. The molecule has 1 fully saturated rings. The molecule has 0 bridgehead atoms. The Labute approximate surface area is 57.0 Å². The van der Waals surface area contributed by atoms with E-state index in [9.17, 15) is 0 Å². The molecule has 0 aliphatic heterocycles. The predicted molar refractivity (Wildman–Crippen MR) is 39.0 cm³/mol. The fraction of sp³-hybridized carbons (Fsp3) is 0.667. The van der Waals surface area contributed by atoms with Gasteiger partial charge in [0.15, 0.2) is 0 Å². The molecule has 0 spiro atoms. The van der Waals surface area contributed by atoms with Crippen molar-refractivity contribution in [2.24, 2.45) is 5.92 Å². The van der Waals surface area contributed by atoms with Crippen LogP contribution < -0.4 is 0 Å². The Bertz CT molecular complexity index is 144. The summed E-state index contributed by atoms with van der Waals surface area (Å²) in [5.74, 6) is 2.74. The number of allylic oxidation sites excluding steroid dienone is 2. The molecule has 0 amide bonds. The standard InChI is InChI=1S/C9H13/c1-7-2-3-8-4-5-9(8)6-7/h6,8H,2-5H2,1H3. The van der Waals surface area contributed by atoms with Crippen molar-refractivity contribution in [1.82, 2.24) is 0 Å². The third-order valence-corrected chi connectivity index (χ3v) is 2.62. The second-order valence-corrected chi connectivity index (χ2v) is 3.34. The lowest BCUT2D eigenvalue weighted by atomic mass is 9.67. The summed E-state index contributed by atoms with van der Waals surface area (Å²) in [4.78, 5) is 0. The molecule has 2 aliphatic rings. The molecule has 1 radical (unpaired) electrons. The number of hydrogen-bond acceptors (Lipinski definition) is 0. The number of hydrogen-bond donors (Lipinski definition) is 0. The zero-order chi connectivity index (χ0) is 6.27. The molecular weight excluding hydrogens is 108 g/mol. The highest BCUT2D eigenvalue weighted by atomic mass is 14.4. The summed E-state index contributed by atoms with van der Waals surface area (Å²) < 4.78 is 0. The lowest BCUT2D eigenvalue weighted by Gasteiger charge is -2.37. The van der Waals surface area contributed by atoms with E-state index in [1.165, 1.54) is 25.7 Å². The maximum atomic E-state index is 2.41. The minimum Gasteiger partial charge on any atom is -0.0782 e. The van der Waals surface area contributed by atoms with Crippen molar-refractivity contribution in [2.75, 3.05) is 0 Å². The van der Waals surface area contributed by atoms with Gasteiger partial charge in [0.05, 0.1) is 0 Å². The SMILES string of the molecule is CC1=C[C]2CCC2CC1. The predicted octanol–water partition coefficient (Wildman–Crippen LogP) is 2.71. The maximum absolute atomic E-state index is 2.41. The summed E-state index contributed by atoms with van der Waals surface area (Å²) >= 11 is 0. The lowest BCUT2D eigenvalue weighted by molar-refractivity contribution is 0.348. The van der Waals surface area contributed by atoms with Gasteiger partial charge in [-0.1, -0.05) is 11.6 Å². The fourth-order valence-corrected chi connectivity index (χ4v) is 1.83. The normalized spacial score (nSPS) is 34.8. The molecular formula is C9H13. The molecule has 0 aromatic carbocycles. The first kappa shape index (κ1) is 5.52. The molecule has 2 aliphatic carbocycles. The van der Waals surface area contributed by atoms with E-state index in [0.29, 0.717) is 0 Å². The molecule has 0 heterocycles. The summed E-state index contributed by atoms with van der Waals surface area (Å²) in [7, 11) is 0. The average molecular weight is 121 g/mol. The van der Waals surface area contributed by atoms with Crippen molar-refractivity contribution >= 4 is 0 Å².